The van der Waals surface area contributed by atoms with Crippen LogP contribution in [0, 0.1) is 6.92 Å². The van der Waals surface area contributed by atoms with Gasteiger partial charge in [0.2, 0.25) is 5.91 Å². The minimum atomic E-state index is -0.317. The van der Waals surface area contributed by atoms with Crippen LogP contribution in [0.15, 0.2) is 121 Å². The monoisotopic (exact) mass is 539 g/mol. The molecular weight excluding hydrogens is 506 g/mol. The summed E-state index contributed by atoms with van der Waals surface area (Å²) >= 11 is 0. The van der Waals surface area contributed by atoms with Crippen molar-refractivity contribution in [1.29, 1.82) is 0 Å². The highest BCUT2D eigenvalue weighted by Gasteiger charge is 2.37. The lowest BCUT2D eigenvalue weighted by atomic mass is 9.97. The van der Waals surface area contributed by atoms with Crippen LogP contribution in [0.2, 0.25) is 0 Å². The molecule has 41 heavy (non-hydrogen) atoms. The van der Waals surface area contributed by atoms with Crippen molar-refractivity contribution in [2.24, 2.45) is 0 Å². The predicted molar refractivity (Wildman–Crippen MR) is 164 cm³/mol. The number of carbonyl (C=O) groups is 2. The fourth-order valence-corrected chi connectivity index (χ4v) is 5.64. The Balaban J connectivity index is 1.34. The van der Waals surface area contributed by atoms with E-state index in [9.17, 15) is 9.59 Å². The molecule has 2 amide bonds. The summed E-state index contributed by atoms with van der Waals surface area (Å²) in [4.78, 5) is 31.7. The van der Waals surface area contributed by atoms with Gasteiger partial charge in [0.05, 0.1) is 17.1 Å². The molecule has 0 bridgehead atoms. The summed E-state index contributed by atoms with van der Waals surface area (Å²) in [5.74, 6) is -0.285. The van der Waals surface area contributed by atoms with Gasteiger partial charge in [0.1, 0.15) is 12.6 Å². The van der Waals surface area contributed by atoms with Crippen molar-refractivity contribution in [2.45, 2.75) is 32.9 Å². The predicted octanol–water partition coefficient (Wildman–Crippen LogP) is 7.44. The third-order valence-electron chi connectivity index (χ3n) is 7.81. The number of aromatic nitrogens is 1. The molecule has 1 aliphatic heterocycles. The molecule has 0 saturated carbocycles. The molecule has 5 nitrogen and oxygen atoms in total. The molecule has 0 aliphatic carbocycles. The Labute approximate surface area is 241 Å². The van der Waals surface area contributed by atoms with Crippen LogP contribution < -0.4 is 4.90 Å². The Kier molecular flexibility index (Phi) is 7.02. The van der Waals surface area contributed by atoms with Crippen LogP contribution in [0.5, 0.6) is 0 Å². The molecule has 6 rings (SSSR count). The van der Waals surface area contributed by atoms with Crippen molar-refractivity contribution in [2.75, 3.05) is 11.4 Å². The number of rotatable bonds is 6. The number of para-hydroxylation sites is 2. The highest BCUT2D eigenvalue weighted by atomic mass is 16.2. The Morgan fingerprint density at radius 2 is 1.37 bits per heavy atom. The van der Waals surface area contributed by atoms with Crippen molar-refractivity contribution in [3.63, 3.8) is 0 Å². The summed E-state index contributed by atoms with van der Waals surface area (Å²) < 4.78 is 2.16. The molecule has 2 heterocycles. The minimum Gasteiger partial charge on any atom is -0.327 e. The molecular formula is C36H33N3O2. The first-order valence-corrected chi connectivity index (χ1v) is 14.0. The lowest BCUT2D eigenvalue weighted by Gasteiger charge is -2.40. The summed E-state index contributed by atoms with van der Waals surface area (Å²) in [6.07, 6.45) is 2.04. The van der Waals surface area contributed by atoms with Gasteiger partial charge in [0, 0.05) is 17.8 Å². The summed E-state index contributed by atoms with van der Waals surface area (Å²) in [6, 6.07) is 37.6. The van der Waals surface area contributed by atoms with Gasteiger partial charge < -0.3 is 9.47 Å². The summed E-state index contributed by atoms with van der Waals surface area (Å²) in [7, 11) is 0. The Bertz CT molecular complexity index is 1690. The molecule has 1 atom stereocenters. The van der Waals surface area contributed by atoms with Gasteiger partial charge in [-0.2, -0.15) is 0 Å². The second kappa shape index (κ2) is 10.9. The molecule has 204 valence electrons. The lowest BCUT2D eigenvalue weighted by molar-refractivity contribution is -0.120. The Hall–Kier alpha value is -4.90. The first-order chi connectivity index (χ1) is 19.9. The minimum absolute atomic E-state index is 0.0334. The number of fused-ring (bicyclic) bond motifs is 3. The second-order valence-corrected chi connectivity index (χ2v) is 10.8. The van der Waals surface area contributed by atoms with Gasteiger partial charge in [-0.3, -0.25) is 14.5 Å². The van der Waals surface area contributed by atoms with Crippen LogP contribution in [0.3, 0.4) is 0 Å². The third-order valence-corrected chi connectivity index (χ3v) is 7.81. The largest absolute Gasteiger partial charge is 0.327 e. The maximum atomic E-state index is 14.4. The molecule has 0 N–H and O–H groups in total. The van der Waals surface area contributed by atoms with Crippen LogP contribution in [0.4, 0.5) is 5.69 Å². The smallest absolute Gasteiger partial charge is 0.254 e. The standard InChI is InChI=1S/C36H33N3O2/c1-25(2)38(36(41)30-21-19-28(20-22-30)27-10-5-4-6-11-27)24-34(40)39-32-13-8-7-12-31(32)37-23-9-14-33(37)35(39)29-17-15-26(3)16-18-29/h4-23,25,35H,24H2,1-3H3. The third kappa shape index (κ3) is 4.95. The van der Waals surface area contributed by atoms with E-state index in [-0.39, 0.29) is 30.4 Å². The second-order valence-electron chi connectivity index (χ2n) is 10.8. The van der Waals surface area contributed by atoms with E-state index < -0.39 is 0 Å². The maximum absolute atomic E-state index is 14.4. The van der Waals surface area contributed by atoms with Crippen molar-refractivity contribution in [3.8, 4) is 16.8 Å². The zero-order chi connectivity index (χ0) is 28.5. The number of hydrogen-bond donors (Lipinski definition) is 0. The van der Waals surface area contributed by atoms with Crippen LogP contribution in [0.1, 0.15) is 47.1 Å². The first kappa shape index (κ1) is 26.3. The fraction of sp³-hybridized carbons (Fsp3) is 0.167. The molecule has 0 radical (unpaired) electrons. The van der Waals surface area contributed by atoms with E-state index in [0.717, 1.165) is 39.3 Å². The molecule has 5 heteroatoms. The SMILES string of the molecule is Cc1ccc(C2c3cccn3-c3ccccc3N2C(=O)CN(C(=O)c2ccc(-c3ccccc3)cc2)C(C)C)cc1. The van der Waals surface area contributed by atoms with Crippen molar-refractivity contribution in [1.82, 2.24) is 9.47 Å². The van der Waals surface area contributed by atoms with E-state index in [1.54, 1.807) is 4.90 Å². The topological polar surface area (TPSA) is 45.6 Å². The normalized spacial score (nSPS) is 14.0. The van der Waals surface area contributed by atoms with Crippen molar-refractivity contribution in [3.05, 3.63) is 144 Å². The maximum Gasteiger partial charge on any atom is 0.254 e. The average Bonchev–Trinajstić information content (AvgIpc) is 3.50. The van der Waals surface area contributed by atoms with Gasteiger partial charge in [-0.25, -0.2) is 0 Å². The number of hydrogen-bond acceptors (Lipinski definition) is 2. The number of amides is 2. The molecule has 1 aromatic heterocycles. The molecule has 1 unspecified atom stereocenters. The zero-order valence-electron chi connectivity index (χ0n) is 23.6. The molecule has 1 aliphatic rings. The summed E-state index contributed by atoms with van der Waals surface area (Å²) in [5.41, 5.74) is 7.68. The van der Waals surface area contributed by atoms with E-state index in [1.807, 2.05) is 110 Å². The van der Waals surface area contributed by atoms with Crippen molar-refractivity contribution >= 4 is 17.5 Å². The van der Waals surface area contributed by atoms with E-state index in [0.29, 0.717) is 5.56 Å². The number of aryl methyl sites for hydroxylation is 1. The van der Waals surface area contributed by atoms with Gasteiger partial charge in [-0.1, -0.05) is 84.4 Å². The van der Waals surface area contributed by atoms with Gasteiger partial charge >= 0.3 is 0 Å². The van der Waals surface area contributed by atoms with Crippen LogP contribution in [0.25, 0.3) is 16.8 Å². The number of anilines is 1. The Morgan fingerprint density at radius 3 is 2.05 bits per heavy atom. The molecule has 0 saturated heterocycles. The van der Waals surface area contributed by atoms with E-state index >= 15 is 0 Å². The number of carbonyl (C=O) groups excluding carboxylic acids is 2. The van der Waals surface area contributed by atoms with E-state index in [1.165, 1.54) is 0 Å². The van der Waals surface area contributed by atoms with Crippen LogP contribution >= 0.6 is 0 Å². The van der Waals surface area contributed by atoms with Crippen molar-refractivity contribution < 1.29 is 9.59 Å². The van der Waals surface area contributed by atoms with E-state index in [2.05, 4.69) is 41.8 Å². The molecule has 0 spiro atoms. The van der Waals surface area contributed by atoms with Gasteiger partial charge in [-0.15, -0.1) is 0 Å². The zero-order valence-corrected chi connectivity index (χ0v) is 23.6. The van der Waals surface area contributed by atoms with Gasteiger partial charge in [0.15, 0.2) is 0 Å². The fourth-order valence-electron chi connectivity index (χ4n) is 5.64. The number of benzene rings is 4. The molecule has 4 aromatic carbocycles. The summed E-state index contributed by atoms with van der Waals surface area (Å²) in [6.45, 7) is 5.94. The Morgan fingerprint density at radius 1 is 0.732 bits per heavy atom. The van der Waals surface area contributed by atoms with Gasteiger partial charge in [0.25, 0.3) is 5.91 Å². The molecule has 5 aromatic rings. The van der Waals surface area contributed by atoms with Gasteiger partial charge in [-0.05, 0) is 73.9 Å². The highest BCUT2D eigenvalue weighted by Crippen LogP contribution is 2.42. The highest BCUT2D eigenvalue weighted by molar-refractivity contribution is 6.03. The lowest BCUT2D eigenvalue weighted by Crippen LogP contribution is -2.48. The molecule has 0 fully saturated rings. The summed E-state index contributed by atoms with van der Waals surface area (Å²) in [5, 5.41) is 0. The van der Waals surface area contributed by atoms with Crippen LogP contribution in [-0.4, -0.2) is 33.9 Å². The first-order valence-electron chi connectivity index (χ1n) is 14.0. The van der Waals surface area contributed by atoms with E-state index in [4.69, 9.17) is 0 Å². The van der Waals surface area contributed by atoms with Crippen LogP contribution in [-0.2, 0) is 4.79 Å². The number of nitrogens with zero attached hydrogens (tertiary/aromatic N) is 3. The average molecular weight is 540 g/mol. The quantitative estimate of drug-likeness (QED) is 0.225.